The first-order chi connectivity index (χ1) is 10.9. The van der Waals surface area contributed by atoms with E-state index < -0.39 is 7.26 Å². The summed E-state index contributed by atoms with van der Waals surface area (Å²) in [5.74, 6) is 2.41. The topological polar surface area (TPSA) is 0 Å². The van der Waals surface area contributed by atoms with Crippen molar-refractivity contribution in [3.63, 3.8) is 0 Å². The van der Waals surface area contributed by atoms with Crippen molar-refractivity contribution in [1.82, 2.24) is 0 Å². The van der Waals surface area contributed by atoms with Gasteiger partial charge < -0.3 is 17.0 Å². The van der Waals surface area contributed by atoms with E-state index in [2.05, 4.69) is 110 Å². The van der Waals surface area contributed by atoms with Gasteiger partial charge in [0.05, 0.1) is 5.82 Å². The van der Waals surface area contributed by atoms with Crippen molar-refractivity contribution in [3.8, 4) is 0 Å². The molecule has 0 aliphatic heterocycles. The number of hydrogen-bond acceptors (Lipinski definition) is 0. The molecule has 0 N–H and O–H groups in total. The Hall–Kier alpha value is -1.69. The van der Waals surface area contributed by atoms with Crippen LogP contribution < -0.4 is 32.9 Å². The third kappa shape index (κ3) is 3.47. The molecule has 23 heavy (non-hydrogen) atoms. The SMILES string of the molecule is CC=C[P+](c1ccccc1)(c1ccccc1)c1ccccc1.[Br-]. The van der Waals surface area contributed by atoms with E-state index in [1.165, 1.54) is 15.9 Å². The summed E-state index contributed by atoms with van der Waals surface area (Å²) in [4.78, 5) is 0. The number of allylic oxidation sites excluding steroid dienone is 1. The van der Waals surface area contributed by atoms with Crippen LogP contribution in [0.2, 0.25) is 0 Å². The van der Waals surface area contributed by atoms with Gasteiger partial charge in [0.25, 0.3) is 0 Å². The minimum absolute atomic E-state index is 0. The minimum Gasteiger partial charge on any atom is -1.00 e. The Labute approximate surface area is 150 Å². The van der Waals surface area contributed by atoms with Crippen molar-refractivity contribution in [2.75, 3.05) is 0 Å². The van der Waals surface area contributed by atoms with Crippen LogP contribution in [0.15, 0.2) is 103 Å². The predicted octanol–water partition coefficient (Wildman–Crippen LogP) is 1.52. The van der Waals surface area contributed by atoms with E-state index in [1.807, 2.05) is 0 Å². The first-order valence-electron chi connectivity index (χ1n) is 7.57. The Morgan fingerprint density at radius 1 is 0.565 bits per heavy atom. The molecule has 0 fully saturated rings. The lowest BCUT2D eigenvalue weighted by molar-refractivity contribution is -0.00000428. The Bertz CT molecular complexity index is 640. The summed E-state index contributed by atoms with van der Waals surface area (Å²) in [6.07, 6.45) is 2.20. The molecule has 0 aromatic heterocycles. The van der Waals surface area contributed by atoms with Gasteiger partial charge in [-0.2, -0.15) is 0 Å². The maximum atomic E-state index is 2.41. The second kappa shape index (κ2) is 8.24. The van der Waals surface area contributed by atoms with Gasteiger partial charge in [-0.25, -0.2) is 0 Å². The molecular weight excluding hydrogens is 363 g/mol. The van der Waals surface area contributed by atoms with E-state index in [-0.39, 0.29) is 17.0 Å². The minimum atomic E-state index is -1.73. The molecule has 2 heteroatoms. The average Bonchev–Trinajstić information content (AvgIpc) is 2.62. The maximum Gasteiger partial charge on any atom is 0.136 e. The van der Waals surface area contributed by atoms with E-state index in [4.69, 9.17) is 0 Å². The molecule has 3 aromatic rings. The first kappa shape index (κ1) is 17.7. The molecule has 3 rings (SSSR count). The molecular formula is C21H20BrP. The molecule has 0 spiro atoms. The van der Waals surface area contributed by atoms with Crippen molar-refractivity contribution in [2.24, 2.45) is 0 Å². The molecule has 0 amide bonds. The highest BCUT2D eigenvalue weighted by Crippen LogP contribution is 2.56. The zero-order valence-electron chi connectivity index (χ0n) is 13.1. The number of rotatable bonds is 4. The molecule has 0 radical (unpaired) electrons. The fraction of sp³-hybridized carbons (Fsp3) is 0.0476. The smallest absolute Gasteiger partial charge is 0.136 e. The van der Waals surface area contributed by atoms with Crippen LogP contribution in [0.5, 0.6) is 0 Å². The fourth-order valence-electron chi connectivity index (χ4n) is 2.92. The van der Waals surface area contributed by atoms with Crippen molar-refractivity contribution in [2.45, 2.75) is 6.92 Å². The van der Waals surface area contributed by atoms with E-state index in [0.29, 0.717) is 0 Å². The van der Waals surface area contributed by atoms with Crippen LogP contribution in [-0.4, -0.2) is 0 Å². The summed E-state index contributed by atoms with van der Waals surface area (Å²) >= 11 is 0. The lowest BCUT2D eigenvalue weighted by Gasteiger charge is -2.23. The summed E-state index contributed by atoms with van der Waals surface area (Å²) < 4.78 is 0. The highest BCUT2D eigenvalue weighted by atomic mass is 79.9. The van der Waals surface area contributed by atoms with Crippen LogP contribution in [-0.2, 0) is 0 Å². The molecule has 0 saturated heterocycles. The molecule has 0 bridgehead atoms. The van der Waals surface area contributed by atoms with Crippen LogP contribution in [0.1, 0.15) is 6.92 Å². The Kier molecular flexibility index (Phi) is 6.33. The number of benzene rings is 3. The Morgan fingerprint density at radius 3 is 1.13 bits per heavy atom. The van der Waals surface area contributed by atoms with Gasteiger partial charge in [0.1, 0.15) is 23.2 Å². The van der Waals surface area contributed by atoms with Crippen molar-refractivity contribution >= 4 is 23.2 Å². The number of halogens is 1. The van der Waals surface area contributed by atoms with Crippen molar-refractivity contribution in [3.05, 3.63) is 103 Å². The molecule has 0 aliphatic rings. The van der Waals surface area contributed by atoms with Crippen LogP contribution in [0.3, 0.4) is 0 Å². The summed E-state index contributed by atoms with van der Waals surface area (Å²) in [7, 11) is -1.73. The van der Waals surface area contributed by atoms with Gasteiger partial charge in [-0.15, -0.1) is 0 Å². The van der Waals surface area contributed by atoms with Crippen LogP contribution in [0, 0.1) is 0 Å². The van der Waals surface area contributed by atoms with Gasteiger partial charge >= 0.3 is 0 Å². The van der Waals surface area contributed by atoms with Crippen molar-refractivity contribution < 1.29 is 17.0 Å². The largest absolute Gasteiger partial charge is 1.00 e. The first-order valence-corrected chi connectivity index (χ1v) is 9.43. The zero-order chi connectivity index (χ0) is 15.3. The fourth-order valence-corrected chi connectivity index (χ4v) is 6.70. The summed E-state index contributed by atoms with van der Waals surface area (Å²) in [6, 6.07) is 32.6. The highest BCUT2D eigenvalue weighted by molar-refractivity contribution is 7.98. The molecule has 0 aliphatic carbocycles. The Balaban J connectivity index is 0.00000192. The van der Waals surface area contributed by atoms with Crippen LogP contribution in [0.4, 0.5) is 0 Å². The maximum absolute atomic E-state index is 2.41. The molecule has 0 saturated carbocycles. The van der Waals surface area contributed by atoms with Crippen molar-refractivity contribution in [1.29, 1.82) is 0 Å². The van der Waals surface area contributed by atoms with Gasteiger partial charge in [0, 0.05) is 0 Å². The highest BCUT2D eigenvalue weighted by Gasteiger charge is 2.42. The molecule has 116 valence electrons. The summed E-state index contributed by atoms with van der Waals surface area (Å²) in [6.45, 7) is 2.11. The second-order valence-electron chi connectivity index (χ2n) is 5.21. The van der Waals surface area contributed by atoms with Gasteiger partial charge in [0.15, 0.2) is 0 Å². The van der Waals surface area contributed by atoms with Gasteiger partial charge in [-0.1, -0.05) is 60.7 Å². The molecule has 3 aromatic carbocycles. The molecule has 0 atom stereocenters. The summed E-state index contributed by atoms with van der Waals surface area (Å²) in [5, 5.41) is 4.18. The molecule has 0 nitrogen and oxygen atoms in total. The van der Waals surface area contributed by atoms with E-state index in [1.54, 1.807) is 0 Å². The van der Waals surface area contributed by atoms with Crippen LogP contribution >= 0.6 is 7.26 Å². The molecule has 0 unspecified atom stereocenters. The lowest BCUT2D eigenvalue weighted by Crippen LogP contribution is -3.00. The summed E-state index contributed by atoms with van der Waals surface area (Å²) in [5.41, 5.74) is 0. The van der Waals surface area contributed by atoms with E-state index in [9.17, 15) is 0 Å². The van der Waals surface area contributed by atoms with Gasteiger partial charge in [-0.05, 0) is 43.3 Å². The Morgan fingerprint density at radius 2 is 0.870 bits per heavy atom. The third-order valence-electron chi connectivity index (χ3n) is 3.86. The second-order valence-corrected chi connectivity index (χ2v) is 8.50. The zero-order valence-corrected chi connectivity index (χ0v) is 15.6. The van der Waals surface area contributed by atoms with Gasteiger partial charge in [0.2, 0.25) is 0 Å². The van der Waals surface area contributed by atoms with E-state index >= 15 is 0 Å². The quantitative estimate of drug-likeness (QED) is 0.600. The monoisotopic (exact) mass is 382 g/mol. The van der Waals surface area contributed by atoms with Gasteiger partial charge in [-0.3, -0.25) is 0 Å². The predicted molar refractivity (Wildman–Crippen MR) is 100.0 cm³/mol. The normalized spacial score (nSPS) is 11.2. The molecule has 0 heterocycles. The third-order valence-corrected chi connectivity index (χ3v) is 7.95. The van der Waals surface area contributed by atoms with E-state index in [0.717, 1.165) is 0 Å². The van der Waals surface area contributed by atoms with Crippen LogP contribution in [0.25, 0.3) is 0 Å². The number of hydrogen-bond donors (Lipinski definition) is 0. The average molecular weight is 383 g/mol. The standard InChI is InChI=1S/C21H20P.BrH/c1-2-18-22(19-12-6-3-7-13-19,20-14-8-4-9-15-20)21-16-10-5-11-17-21;/h2-18H,1H3;1H/q+1;/p-1. The lowest BCUT2D eigenvalue weighted by atomic mass is 10.4.